The van der Waals surface area contributed by atoms with Crippen molar-refractivity contribution in [1.82, 2.24) is 24.8 Å². The first-order valence-corrected chi connectivity index (χ1v) is 14.5. The topological polar surface area (TPSA) is 86.3 Å². The number of H-pyrrole nitrogens is 1. The Hall–Kier alpha value is -3.91. The molecule has 1 saturated heterocycles. The Kier molecular flexibility index (Phi) is 7.19. The molecule has 1 saturated carbocycles. The number of piperazine rings is 1. The Labute approximate surface area is 235 Å². The summed E-state index contributed by atoms with van der Waals surface area (Å²) in [6.07, 6.45) is 8.08. The van der Waals surface area contributed by atoms with Crippen LogP contribution in [0.5, 0.6) is 0 Å². The highest BCUT2D eigenvalue weighted by Crippen LogP contribution is 2.39. The molecule has 3 aromatic heterocycles. The van der Waals surface area contributed by atoms with Gasteiger partial charge < -0.3 is 24.7 Å². The van der Waals surface area contributed by atoms with Crippen LogP contribution < -0.4 is 15.8 Å². The van der Waals surface area contributed by atoms with Crippen molar-refractivity contribution in [2.24, 2.45) is 0 Å². The molecule has 208 valence electrons. The Morgan fingerprint density at radius 1 is 1.07 bits per heavy atom. The van der Waals surface area contributed by atoms with Gasteiger partial charge in [0.25, 0.3) is 11.5 Å². The highest BCUT2D eigenvalue weighted by atomic mass is 16.1. The van der Waals surface area contributed by atoms with Crippen molar-refractivity contribution < 1.29 is 4.79 Å². The van der Waals surface area contributed by atoms with Gasteiger partial charge in [-0.3, -0.25) is 9.59 Å². The summed E-state index contributed by atoms with van der Waals surface area (Å²) in [5.74, 6) is 0.813. The molecule has 2 aliphatic rings. The summed E-state index contributed by atoms with van der Waals surface area (Å²) in [6.45, 7) is 8.19. The first-order chi connectivity index (χ1) is 19.4. The highest BCUT2D eigenvalue weighted by molar-refractivity contribution is 6.08. The molecule has 2 fully saturated rings. The van der Waals surface area contributed by atoms with Crippen molar-refractivity contribution in [3.05, 3.63) is 81.5 Å². The Morgan fingerprint density at radius 2 is 1.88 bits per heavy atom. The van der Waals surface area contributed by atoms with Crippen molar-refractivity contribution in [3.63, 3.8) is 0 Å². The molecule has 1 aliphatic heterocycles. The molecule has 1 aromatic carbocycles. The number of aromatic nitrogens is 3. The number of hydrogen-bond acceptors (Lipinski definition) is 5. The fourth-order valence-corrected chi connectivity index (χ4v) is 5.80. The van der Waals surface area contributed by atoms with Crippen LogP contribution in [0.15, 0.2) is 53.6 Å². The Morgan fingerprint density at radius 3 is 2.58 bits per heavy atom. The van der Waals surface area contributed by atoms with Gasteiger partial charge in [-0.1, -0.05) is 13.3 Å². The first-order valence-electron chi connectivity index (χ1n) is 14.5. The first kappa shape index (κ1) is 26.3. The summed E-state index contributed by atoms with van der Waals surface area (Å²) < 4.78 is 2.30. The molecule has 4 heterocycles. The van der Waals surface area contributed by atoms with E-state index >= 15 is 0 Å². The van der Waals surface area contributed by atoms with Crippen molar-refractivity contribution in [3.8, 4) is 11.1 Å². The number of pyridine rings is 2. The Bertz CT molecular complexity index is 1590. The number of rotatable bonds is 8. The van der Waals surface area contributed by atoms with E-state index in [1.807, 2.05) is 31.3 Å². The number of benzene rings is 1. The lowest BCUT2D eigenvalue weighted by molar-refractivity contribution is 0.0952. The number of carbonyl (C=O) groups is 1. The summed E-state index contributed by atoms with van der Waals surface area (Å²) >= 11 is 0. The van der Waals surface area contributed by atoms with E-state index in [0.717, 1.165) is 91.0 Å². The number of likely N-dealkylation sites (N-methyl/N-ethyl adjacent to an activating group) is 1. The van der Waals surface area contributed by atoms with Crippen molar-refractivity contribution in [1.29, 1.82) is 0 Å². The molecule has 40 heavy (non-hydrogen) atoms. The second kappa shape index (κ2) is 10.9. The van der Waals surface area contributed by atoms with E-state index in [4.69, 9.17) is 4.98 Å². The number of anilines is 1. The van der Waals surface area contributed by atoms with Crippen molar-refractivity contribution in [2.45, 2.75) is 52.1 Å². The van der Waals surface area contributed by atoms with Crippen LogP contribution in [0.25, 0.3) is 22.0 Å². The molecule has 8 heteroatoms. The maximum absolute atomic E-state index is 13.7. The van der Waals surface area contributed by atoms with Gasteiger partial charge in [-0.05, 0) is 80.8 Å². The third-order valence-electron chi connectivity index (χ3n) is 8.24. The molecule has 4 aromatic rings. The number of amides is 1. The smallest absolute Gasteiger partial charge is 0.253 e. The normalized spacial score (nSPS) is 16.0. The molecule has 1 amide bonds. The molecule has 6 rings (SSSR count). The van der Waals surface area contributed by atoms with Crippen LogP contribution in [0, 0.1) is 6.92 Å². The van der Waals surface area contributed by atoms with Crippen LogP contribution in [-0.2, 0) is 13.0 Å². The van der Waals surface area contributed by atoms with Gasteiger partial charge in [-0.25, -0.2) is 4.98 Å². The molecule has 2 N–H and O–H groups in total. The van der Waals surface area contributed by atoms with E-state index in [1.165, 1.54) is 0 Å². The van der Waals surface area contributed by atoms with Gasteiger partial charge in [-0.15, -0.1) is 0 Å². The monoisotopic (exact) mass is 538 g/mol. The number of carbonyl (C=O) groups excluding carboxylic acids is 1. The third-order valence-corrected chi connectivity index (χ3v) is 8.24. The van der Waals surface area contributed by atoms with Crippen LogP contribution in [0.2, 0.25) is 0 Å². The van der Waals surface area contributed by atoms with E-state index in [9.17, 15) is 9.59 Å². The number of nitrogens with one attached hydrogen (secondary N) is 2. The van der Waals surface area contributed by atoms with Crippen LogP contribution in [0.3, 0.4) is 0 Å². The second-order valence-corrected chi connectivity index (χ2v) is 11.3. The molecule has 0 unspecified atom stereocenters. The Balaban J connectivity index is 1.31. The maximum atomic E-state index is 13.7. The van der Waals surface area contributed by atoms with Gasteiger partial charge in [0.15, 0.2) is 0 Å². The second-order valence-electron chi connectivity index (χ2n) is 11.3. The zero-order valence-corrected chi connectivity index (χ0v) is 23.7. The molecule has 0 bridgehead atoms. The molecule has 0 atom stereocenters. The fourth-order valence-electron chi connectivity index (χ4n) is 5.80. The zero-order valence-electron chi connectivity index (χ0n) is 23.7. The van der Waals surface area contributed by atoms with Gasteiger partial charge in [-0.2, -0.15) is 0 Å². The van der Waals surface area contributed by atoms with Gasteiger partial charge in [0.1, 0.15) is 5.82 Å². The van der Waals surface area contributed by atoms with E-state index in [-0.39, 0.29) is 18.0 Å². The number of nitrogens with zero attached hydrogens (tertiary/aromatic N) is 4. The predicted octanol–water partition coefficient (Wildman–Crippen LogP) is 4.67. The minimum absolute atomic E-state index is 0.131. The third kappa shape index (κ3) is 5.28. The average molecular weight is 539 g/mol. The van der Waals surface area contributed by atoms with Gasteiger partial charge in [0, 0.05) is 84.4 Å². The van der Waals surface area contributed by atoms with Crippen LogP contribution in [0.4, 0.5) is 5.82 Å². The van der Waals surface area contributed by atoms with Crippen LogP contribution >= 0.6 is 0 Å². The lowest BCUT2D eigenvalue weighted by atomic mass is 10.00. The van der Waals surface area contributed by atoms with Crippen molar-refractivity contribution >= 4 is 22.6 Å². The molecule has 8 nitrogen and oxygen atoms in total. The highest BCUT2D eigenvalue weighted by Gasteiger charge is 2.26. The van der Waals surface area contributed by atoms with Crippen LogP contribution in [-0.4, -0.2) is 58.6 Å². The number of aromatic amines is 1. The fraction of sp³-hybridized carbons (Fsp3) is 0.406. The minimum atomic E-state index is -0.176. The molecule has 1 aliphatic carbocycles. The lowest BCUT2D eigenvalue weighted by Gasteiger charge is -2.33. The van der Waals surface area contributed by atoms with Gasteiger partial charge >= 0.3 is 0 Å². The summed E-state index contributed by atoms with van der Waals surface area (Å²) in [6, 6.07) is 12.9. The lowest BCUT2D eigenvalue weighted by Crippen LogP contribution is -2.44. The van der Waals surface area contributed by atoms with E-state index in [0.29, 0.717) is 17.2 Å². The maximum Gasteiger partial charge on any atom is 0.253 e. The van der Waals surface area contributed by atoms with Gasteiger partial charge in [0.05, 0.1) is 0 Å². The van der Waals surface area contributed by atoms with E-state index < -0.39 is 0 Å². The average Bonchev–Trinajstić information content (AvgIpc) is 3.71. The number of fused-ring (bicyclic) bond motifs is 1. The summed E-state index contributed by atoms with van der Waals surface area (Å²) in [5, 5.41) is 3.99. The van der Waals surface area contributed by atoms with E-state index in [1.54, 1.807) is 0 Å². The van der Waals surface area contributed by atoms with E-state index in [2.05, 4.69) is 63.0 Å². The largest absolute Gasteiger partial charge is 0.354 e. The van der Waals surface area contributed by atoms with Crippen LogP contribution in [0.1, 0.15) is 59.4 Å². The minimum Gasteiger partial charge on any atom is -0.354 e. The molecular formula is C32H38N6O2. The number of aryl methyl sites for hydroxylation is 2. The SMILES string of the molecule is CCCc1cc(C)[nH]c(=O)c1CNC(=O)c1cc(-c2ccc(N3CCN(C)CC3)nc2)cc2c1ccn2C1CC1. The summed E-state index contributed by atoms with van der Waals surface area (Å²) in [4.78, 5) is 38.8. The number of hydrogen-bond donors (Lipinski definition) is 2. The summed E-state index contributed by atoms with van der Waals surface area (Å²) in [5.41, 5.74) is 5.97. The van der Waals surface area contributed by atoms with Gasteiger partial charge in [0.2, 0.25) is 0 Å². The molecule has 0 radical (unpaired) electrons. The van der Waals surface area contributed by atoms with Crippen molar-refractivity contribution in [2.75, 3.05) is 38.1 Å². The quantitative estimate of drug-likeness (QED) is 0.341. The predicted molar refractivity (Wildman–Crippen MR) is 160 cm³/mol. The summed E-state index contributed by atoms with van der Waals surface area (Å²) in [7, 11) is 2.15. The molecule has 0 spiro atoms. The standard InChI is InChI=1S/C32H38N6O2/c1-4-5-22-16-21(2)35-32(40)28(22)20-34-31(39)27-17-24(18-29-26(27)10-11-38(29)25-7-8-25)23-6-9-30(33-19-23)37-14-12-36(3)13-15-37/h6,9-11,16-19,25H,4-5,7-8,12-15,20H2,1-3H3,(H,34,39)(H,35,40). The zero-order chi connectivity index (χ0) is 27.8. The molecular weight excluding hydrogens is 500 g/mol.